The molecule has 0 saturated heterocycles. The molecule has 1 aliphatic heterocycles. The highest BCUT2D eigenvalue weighted by molar-refractivity contribution is 7.89. The lowest BCUT2D eigenvalue weighted by atomic mass is 9.98. The summed E-state index contributed by atoms with van der Waals surface area (Å²) in [5, 5.41) is 2.16. The van der Waals surface area contributed by atoms with E-state index in [0.717, 1.165) is 22.5 Å². The van der Waals surface area contributed by atoms with E-state index in [4.69, 9.17) is 0 Å². The summed E-state index contributed by atoms with van der Waals surface area (Å²) in [6.07, 6.45) is -12.4. The van der Waals surface area contributed by atoms with E-state index in [1.54, 1.807) is 0 Å². The monoisotopic (exact) mass is 620 g/mol. The first kappa shape index (κ1) is 34.0. The third-order valence-corrected chi connectivity index (χ3v) is 7.32. The van der Waals surface area contributed by atoms with E-state index in [9.17, 15) is 52.7 Å². The zero-order valence-electron chi connectivity index (χ0n) is 21.1. The van der Waals surface area contributed by atoms with Gasteiger partial charge in [0.1, 0.15) is 5.69 Å². The van der Waals surface area contributed by atoms with Gasteiger partial charge in [0.05, 0.1) is 23.3 Å². The van der Waals surface area contributed by atoms with Crippen molar-refractivity contribution in [3.8, 4) is 0 Å². The predicted octanol–water partition coefficient (Wildman–Crippen LogP) is 5.16. The van der Waals surface area contributed by atoms with Crippen LogP contribution in [0.4, 0.5) is 39.5 Å². The first-order chi connectivity index (χ1) is 18.8. The molecular weight excluding hydrogens is 595 g/mol. The number of carbonyl (C=O) groups excluding carboxylic acids is 1. The highest BCUT2D eigenvalue weighted by atomic mass is 32.2. The average Bonchev–Trinajstić information content (AvgIpc) is 2.87. The van der Waals surface area contributed by atoms with Crippen molar-refractivity contribution in [3.63, 3.8) is 0 Å². The number of alkyl halides is 9. The van der Waals surface area contributed by atoms with Crippen LogP contribution >= 0.6 is 0 Å². The van der Waals surface area contributed by atoms with Crippen molar-refractivity contribution in [2.45, 2.75) is 42.7 Å². The number of hydrogen-bond donors (Lipinski definition) is 2. The molecule has 2 aromatic rings. The zero-order chi connectivity index (χ0) is 31.1. The summed E-state index contributed by atoms with van der Waals surface area (Å²) in [6, 6.07) is 6.49. The molecule has 1 aromatic carbocycles. The van der Waals surface area contributed by atoms with Crippen LogP contribution in [0.1, 0.15) is 40.9 Å². The molecule has 1 aromatic heterocycles. The fourth-order valence-electron chi connectivity index (χ4n) is 3.51. The van der Waals surface area contributed by atoms with Crippen molar-refractivity contribution in [2.75, 3.05) is 26.2 Å². The Morgan fingerprint density at radius 2 is 1.63 bits per heavy atom. The number of nitrogens with one attached hydrogen (secondary N) is 1. The van der Waals surface area contributed by atoms with Gasteiger partial charge in [-0.3, -0.25) is 9.78 Å². The fraction of sp³-hybridized carbons (Fsp3) is 0.417. The summed E-state index contributed by atoms with van der Waals surface area (Å²) in [4.78, 5) is 15.8. The summed E-state index contributed by atoms with van der Waals surface area (Å²) >= 11 is 0. The molecule has 0 unspecified atom stereocenters. The van der Waals surface area contributed by atoms with E-state index in [2.05, 4.69) is 16.0 Å². The van der Waals surface area contributed by atoms with E-state index >= 15 is 0 Å². The van der Waals surface area contributed by atoms with Gasteiger partial charge in [-0.25, -0.2) is 8.42 Å². The lowest BCUT2D eigenvalue weighted by molar-refractivity contribution is -0.138. The largest absolute Gasteiger partial charge is 0.416 e. The number of nitrogens with zero attached hydrogens (tertiary/aromatic N) is 2. The molecule has 3 N–H and O–H groups in total. The van der Waals surface area contributed by atoms with Crippen molar-refractivity contribution in [3.05, 3.63) is 65.5 Å². The number of amides is 1. The van der Waals surface area contributed by atoms with E-state index in [-0.39, 0.29) is 31.7 Å². The van der Waals surface area contributed by atoms with Crippen LogP contribution in [0, 0.1) is 0 Å². The van der Waals surface area contributed by atoms with Gasteiger partial charge in [-0.15, -0.1) is 0 Å². The van der Waals surface area contributed by atoms with Gasteiger partial charge in [0.25, 0.3) is 5.91 Å². The molecule has 41 heavy (non-hydrogen) atoms. The highest BCUT2D eigenvalue weighted by Gasteiger charge is 2.34. The molecule has 1 amide bonds. The van der Waals surface area contributed by atoms with Gasteiger partial charge in [0.2, 0.25) is 10.0 Å². The minimum atomic E-state index is -4.70. The molecule has 0 atom stereocenters. The van der Waals surface area contributed by atoms with E-state index in [1.165, 1.54) is 24.4 Å². The molecule has 0 saturated carbocycles. The van der Waals surface area contributed by atoms with Crippen LogP contribution in [0.25, 0.3) is 5.57 Å². The van der Waals surface area contributed by atoms with Crippen LogP contribution in [0.15, 0.2) is 53.6 Å². The molecule has 0 spiro atoms. The highest BCUT2D eigenvalue weighted by Crippen LogP contribution is 2.32. The second kappa shape index (κ2) is 13.7. The number of benzene rings is 1. The van der Waals surface area contributed by atoms with E-state index in [0.29, 0.717) is 17.2 Å². The SMILES string of the molecule is NCCC(F)(F)F.O=C(NCCC(F)(F)F)c1ncccc1C1=CCN(S(=O)(=O)c2cccc(C(F)(F)F)c2)CC1. The summed E-state index contributed by atoms with van der Waals surface area (Å²) in [5.74, 6) is -0.806. The third-order valence-electron chi connectivity index (χ3n) is 5.46. The van der Waals surface area contributed by atoms with Crippen molar-refractivity contribution in [2.24, 2.45) is 5.73 Å². The number of sulfonamides is 1. The van der Waals surface area contributed by atoms with Crippen molar-refractivity contribution in [1.82, 2.24) is 14.6 Å². The molecule has 228 valence electrons. The van der Waals surface area contributed by atoms with Gasteiger partial charge in [0.15, 0.2) is 0 Å². The Morgan fingerprint density at radius 3 is 2.15 bits per heavy atom. The topological polar surface area (TPSA) is 105 Å². The average molecular weight is 621 g/mol. The fourth-order valence-corrected chi connectivity index (χ4v) is 4.93. The normalized spacial score (nSPS) is 15.0. The second-order valence-corrected chi connectivity index (χ2v) is 10.5. The first-order valence-electron chi connectivity index (χ1n) is 11.8. The Morgan fingerprint density at radius 1 is 0.976 bits per heavy atom. The minimum absolute atomic E-state index is 0.0750. The van der Waals surface area contributed by atoms with Gasteiger partial charge < -0.3 is 11.1 Å². The zero-order valence-corrected chi connectivity index (χ0v) is 21.9. The number of nitrogens with two attached hydrogens (primary N) is 1. The van der Waals surface area contributed by atoms with Crippen LogP contribution in [0.3, 0.4) is 0 Å². The van der Waals surface area contributed by atoms with E-state index in [1.807, 2.05) is 0 Å². The van der Waals surface area contributed by atoms with Crippen molar-refractivity contribution in [1.29, 1.82) is 0 Å². The summed E-state index contributed by atoms with van der Waals surface area (Å²) in [6.45, 7) is -1.18. The smallest absolute Gasteiger partial charge is 0.350 e. The maximum Gasteiger partial charge on any atom is 0.416 e. The minimum Gasteiger partial charge on any atom is -0.350 e. The van der Waals surface area contributed by atoms with Gasteiger partial charge in [-0.05, 0) is 36.3 Å². The molecule has 2 heterocycles. The molecule has 0 aliphatic carbocycles. The lowest BCUT2D eigenvalue weighted by Gasteiger charge is -2.26. The summed E-state index contributed by atoms with van der Waals surface area (Å²) < 4.78 is 136. The number of aromatic nitrogens is 1. The Hall–Kier alpha value is -3.18. The maximum absolute atomic E-state index is 13.0. The molecule has 0 bridgehead atoms. The van der Waals surface area contributed by atoms with Crippen molar-refractivity contribution >= 4 is 21.5 Å². The molecule has 0 fully saturated rings. The molecule has 3 rings (SSSR count). The number of pyridine rings is 1. The predicted molar refractivity (Wildman–Crippen MR) is 130 cm³/mol. The Labute approximate surface area is 229 Å². The van der Waals surface area contributed by atoms with Crippen LogP contribution in [-0.2, 0) is 16.2 Å². The molecule has 7 nitrogen and oxygen atoms in total. The number of hydrogen-bond acceptors (Lipinski definition) is 5. The number of halogens is 9. The van der Waals surface area contributed by atoms with Gasteiger partial charge in [0, 0.05) is 37.9 Å². The molecular formula is C24H25F9N4O3S. The standard InChI is InChI=1S/C21H19F6N3O3S.C3H6F3N/c22-20(23,24)8-10-29-19(31)18-17(5-2-9-28-18)14-6-11-30(12-7-14)34(32,33)16-4-1-3-15(13-16)21(25,26)27;4-3(5,6)1-2-7/h1-6,9,13H,7-8,10-12H2,(H,29,31);1-2,7H2. The Kier molecular flexibility index (Phi) is 11.3. The first-order valence-corrected chi connectivity index (χ1v) is 13.2. The van der Waals surface area contributed by atoms with Gasteiger partial charge in [-0.1, -0.05) is 18.2 Å². The Balaban J connectivity index is 0.000000745. The molecule has 17 heteroatoms. The quantitative estimate of drug-likeness (QED) is 0.417. The van der Waals surface area contributed by atoms with Gasteiger partial charge >= 0.3 is 18.5 Å². The van der Waals surface area contributed by atoms with Crippen LogP contribution in [0.2, 0.25) is 0 Å². The second-order valence-electron chi connectivity index (χ2n) is 8.54. The van der Waals surface area contributed by atoms with Crippen molar-refractivity contribution < 1.29 is 52.7 Å². The lowest BCUT2D eigenvalue weighted by Crippen LogP contribution is -2.35. The number of rotatable bonds is 7. The van der Waals surface area contributed by atoms with Crippen LogP contribution in [-0.4, -0.2) is 62.1 Å². The summed E-state index contributed by atoms with van der Waals surface area (Å²) in [5.41, 5.74) is 4.29. The van der Waals surface area contributed by atoms with Gasteiger partial charge in [-0.2, -0.15) is 43.8 Å². The molecule has 0 radical (unpaired) electrons. The van der Waals surface area contributed by atoms with Crippen LogP contribution < -0.4 is 11.1 Å². The van der Waals surface area contributed by atoms with E-state index < -0.39 is 64.3 Å². The third kappa shape index (κ3) is 10.6. The number of carbonyl (C=O) groups is 1. The maximum atomic E-state index is 13.0. The summed E-state index contributed by atoms with van der Waals surface area (Å²) in [7, 11) is -4.22. The Bertz CT molecular complexity index is 1320. The van der Waals surface area contributed by atoms with Crippen LogP contribution in [0.5, 0.6) is 0 Å². The molecule has 1 aliphatic rings.